The van der Waals surface area contributed by atoms with E-state index in [-0.39, 0.29) is 5.91 Å². The lowest BCUT2D eigenvalue weighted by molar-refractivity contribution is -0.138. The standard InChI is InChI=1S/C18H33NO3/c1-3-5-7-8-9-10-11-12-15-19-17(20)13-14-18(21)22-16-6-4-2/h13-14H,3-12,15-16H2,1-2H3,(H,19,20)/b14-13-. The zero-order valence-electron chi connectivity index (χ0n) is 14.4. The van der Waals surface area contributed by atoms with E-state index in [2.05, 4.69) is 12.2 Å². The molecule has 0 aromatic rings. The molecule has 0 radical (unpaired) electrons. The van der Waals surface area contributed by atoms with Gasteiger partial charge in [0.1, 0.15) is 0 Å². The molecule has 0 aliphatic rings. The van der Waals surface area contributed by atoms with Crippen molar-refractivity contribution in [2.75, 3.05) is 13.2 Å². The molecule has 0 unspecified atom stereocenters. The van der Waals surface area contributed by atoms with Crippen molar-refractivity contribution in [2.45, 2.75) is 78.1 Å². The van der Waals surface area contributed by atoms with Crippen LogP contribution in [0.3, 0.4) is 0 Å². The number of nitrogens with one attached hydrogen (secondary N) is 1. The molecule has 0 saturated carbocycles. The average molecular weight is 311 g/mol. The predicted octanol–water partition coefficient (Wildman–Crippen LogP) is 4.14. The lowest BCUT2D eigenvalue weighted by atomic mass is 10.1. The van der Waals surface area contributed by atoms with Gasteiger partial charge in [0.2, 0.25) is 5.91 Å². The maximum Gasteiger partial charge on any atom is 0.330 e. The van der Waals surface area contributed by atoms with E-state index in [9.17, 15) is 9.59 Å². The van der Waals surface area contributed by atoms with Crippen LogP contribution in [0.2, 0.25) is 0 Å². The molecule has 0 aromatic heterocycles. The number of unbranched alkanes of at least 4 members (excludes halogenated alkanes) is 8. The molecule has 4 nitrogen and oxygen atoms in total. The van der Waals surface area contributed by atoms with Gasteiger partial charge in [-0.05, 0) is 12.8 Å². The Morgan fingerprint density at radius 2 is 1.41 bits per heavy atom. The lowest BCUT2D eigenvalue weighted by Gasteiger charge is -2.03. The summed E-state index contributed by atoms with van der Waals surface area (Å²) in [5.41, 5.74) is 0. The van der Waals surface area contributed by atoms with Crippen molar-refractivity contribution < 1.29 is 14.3 Å². The first-order chi connectivity index (χ1) is 10.7. The van der Waals surface area contributed by atoms with E-state index in [0.717, 1.165) is 25.7 Å². The highest BCUT2D eigenvalue weighted by atomic mass is 16.5. The number of carbonyl (C=O) groups is 2. The van der Waals surface area contributed by atoms with E-state index in [1.807, 2.05) is 6.92 Å². The van der Waals surface area contributed by atoms with Gasteiger partial charge in [0.15, 0.2) is 0 Å². The zero-order chi connectivity index (χ0) is 16.5. The minimum Gasteiger partial charge on any atom is -0.463 e. The van der Waals surface area contributed by atoms with Gasteiger partial charge in [0.25, 0.3) is 0 Å². The molecular weight excluding hydrogens is 278 g/mol. The molecule has 0 rings (SSSR count). The molecule has 0 spiro atoms. The van der Waals surface area contributed by atoms with Crippen LogP contribution < -0.4 is 5.32 Å². The lowest BCUT2D eigenvalue weighted by Crippen LogP contribution is -2.22. The summed E-state index contributed by atoms with van der Waals surface area (Å²) in [6.45, 7) is 5.34. The summed E-state index contributed by atoms with van der Waals surface area (Å²) >= 11 is 0. The first-order valence-corrected chi connectivity index (χ1v) is 8.83. The van der Waals surface area contributed by atoms with Gasteiger partial charge in [-0.15, -0.1) is 0 Å². The molecular formula is C18H33NO3. The van der Waals surface area contributed by atoms with Crippen molar-refractivity contribution in [2.24, 2.45) is 0 Å². The van der Waals surface area contributed by atoms with Crippen LogP contribution in [0.1, 0.15) is 78.1 Å². The molecule has 0 aliphatic carbocycles. The first kappa shape index (κ1) is 20.7. The molecule has 128 valence electrons. The second-order valence-corrected chi connectivity index (χ2v) is 5.62. The summed E-state index contributed by atoms with van der Waals surface area (Å²) < 4.78 is 4.92. The number of rotatable bonds is 14. The second kappa shape index (κ2) is 16.1. The Labute approximate surface area is 135 Å². The minimum atomic E-state index is -0.448. The number of carbonyl (C=O) groups excluding carboxylic acids is 2. The van der Waals surface area contributed by atoms with Crippen LogP contribution in [0.25, 0.3) is 0 Å². The Morgan fingerprint density at radius 3 is 2.05 bits per heavy atom. The van der Waals surface area contributed by atoms with Crippen molar-refractivity contribution in [3.63, 3.8) is 0 Å². The van der Waals surface area contributed by atoms with E-state index >= 15 is 0 Å². The van der Waals surface area contributed by atoms with Gasteiger partial charge in [-0.1, -0.05) is 65.2 Å². The third-order valence-electron chi connectivity index (χ3n) is 3.44. The molecule has 0 bridgehead atoms. The SMILES string of the molecule is CCCCCCCCCCNC(=O)/C=C\C(=O)OCCCC. The second-order valence-electron chi connectivity index (χ2n) is 5.62. The molecule has 1 N–H and O–H groups in total. The Morgan fingerprint density at radius 1 is 0.818 bits per heavy atom. The van der Waals surface area contributed by atoms with Gasteiger partial charge in [-0.3, -0.25) is 4.79 Å². The van der Waals surface area contributed by atoms with Crippen LogP contribution in [0.4, 0.5) is 0 Å². The fourth-order valence-corrected chi connectivity index (χ4v) is 2.04. The summed E-state index contributed by atoms with van der Waals surface area (Å²) in [6, 6.07) is 0. The number of amides is 1. The number of ether oxygens (including phenoxy) is 1. The van der Waals surface area contributed by atoms with E-state index in [0.29, 0.717) is 13.2 Å². The maximum absolute atomic E-state index is 11.5. The highest BCUT2D eigenvalue weighted by Gasteiger charge is 1.99. The summed E-state index contributed by atoms with van der Waals surface area (Å²) in [4.78, 5) is 22.7. The van der Waals surface area contributed by atoms with Gasteiger partial charge in [-0.2, -0.15) is 0 Å². The topological polar surface area (TPSA) is 55.4 Å². The van der Waals surface area contributed by atoms with Crippen molar-refractivity contribution in [1.82, 2.24) is 5.32 Å². The monoisotopic (exact) mass is 311 g/mol. The largest absolute Gasteiger partial charge is 0.463 e. The van der Waals surface area contributed by atoms with Crippen molar-refractivity contribution >= 4 is 11.9 Å². The molecule has 0 heterocycles. The quantitative estimate of drug-likeness (QED) is 0.298. The third kappa shape index (κ3) is 15.1. The van der Waals surface area contributed by atoms with E-state index in [1.165, 1.54) is 50.7 Å². The van der Waals surface area contributed by atoms with Crippen LogP contribution in [-0.4, -0.2) is 25.0 Å². The summed E-state index contributed by atoms with van der Waals surface area (Å²) in [6.07, 6.45) is 14.2. The number of hydrogen-bond acceptors (Lipinski definition) is 3. The van der Waals surface area contributed by atoms with Gasteiger partial charge in [-0.25, -0.2) is 4.79 Å². The molecule has 0 atom stereocenters. The number of esters is 1. The molecule has 4 heteroatoms. The zero-order valence-corrected chi connectivity index (χ0v) is 14.4. The van der Waals surface area contributed by atoms with Crippen LogP contribution in [-0.2, 0) is 14.3 Å². The van der Waals surface area contributed by atoms with Crippen LogP contribution in [0.15, 0.2) is 12.2 Å². The van der Waals surface area contributed by atoms with Crippen molar-refractivity contribution in [3.05, 3.63) is 12.2 Å². The maximum atomic E-state index is 11.5. The number of hydrogen-bond donors (Lipinski definition) is 1. The fraction of sp³-hybridized carbons (Fsp3) is 0.778. The average Bonchev–Trinajstić information content (AvgIpc) is 2.51. The summed E-state index contributed by atoms with van der Waals surface area (Å²) in [7, 11) is 0. The molecule has 0 saturated heterocycles. The Bertz CT molecular complexity index is 313. The predicted molar refractivity (Wildman–Crippen MR) is 90.6 cm³/mol. The molecule has 0 aliphatic heterocycles. The summed E-state index contributed by atoms with van der Waals surface area (Å²) in [5, 5.41) is 2.78. The van der Waals surface area contributed by atoms with Gasteiger partial charge < -0.3 is 10.1 Å². The highest BCUT2D eigenvalue weighted by molar-refractivity contribution is 5.94. The van der Waals surface area contributed by atoms with Gasteiger partial charge >= 0.3 is 5.97 Å². The van der Waals surface area contributed by atoms with Crippen molar-refractivity contribution in [1.29, 1.82) is 0 Å². The Kier molecular flexibility index (Phi) is 15.1. The van der Waals surface area contributed by atoms with E-state index in [4.69, 9.17) is 4.74 Å². The van der Waals surface area contributed by atoms with Gasteiger partial charge in [0.05, 0.1) is 6.61 Å². The van der Waals surface area contributed by atoms with E-state index in [1.54, 1.807) is 0 Å². The van der Waals surface area contributed by atoms with Crippen LogP contribution >= 0.6 is 0 Å². The Hall–Kier alpha value is -1.32. The molecule has 0 aromatic carbocycles. The molecule has 22 heavy (non-hydrogen) atoms. The summed E-state index contributed by atoms with van der Waals surface area (Å²) in [5.74, 6) is -0.675. The molecule has 1 amide bonds. The van der Waals surface area contributed by atoms with Gasteiger partial charge in [0, 0.05) is 18.7 Å². The Balaban J connectivity index is 3.43. The highest BCUT2D eigenvalue weighted by Crippen LogP contribution is 2.07. The first-order valence-electron chi connectivity index (χ1n) is 8.83. The third-order valence-corrected chi connectivity index (χ3v) is 3.44. The fourth-order valence-electron chi connectivity index (χ4n) is 2.04. The van der Waals surface area contributed by atoms with E-state index < -0.39 is 5.97 Å². The molecule has 0 fully saturated rings. The van der Waals surface area contributed by atoms with Crippen LogP contribution in [0, 0.1) is 0 Å². The normalized spacial score (nSPS) is 10.8. The minimum absolute atomic E-state index is 0.226. The van der Waals surface area contributed by atoms with Crippen molar-refractivity contribution in [3.8, 4) is 0 Å². The smallest absolute Gasteiger partial charge is 0.330 e. The van der Waals surface area contributed by atoms with Crippen LogP contribution in [0.5, 0.6) is 0 Å².